The van der Waals surface area contributed by atoms with Crippen LogP contribution in [0.15, 0.2) is 40.9 Å². The molecule has 0 heterocycles. The van der Waals surface area contributed by atoms with Crippen molar-refractivity contribution in [1.82, 2.24) is 5.32 Å². The number of hydrogen-bond donors (Lipinski definition) is 1. The van der Waals surface area contributed by atoms with Gasteiger partial charge in [-0.15, -0.1) is 0 Å². The Morgan fingerprint density at radius 1 is 1.38 bits per heavy atom. The summed E-state index contributed by atoms with van der Waals surface area (Å²) in [4.78, 5) is 0. The molecule has 1 aliphatic rings. The van der Waals surface area contributed by atoms with Gasteiger partial charge in [0.1, 0.15) is 0 Å². The molecule has 0 aromatic heterocycles. The van der Waals surface area contributed by atoms with E-state index in [0.29, 0.717) is 12.1 Å². The molecule has 0 fully saturated rings. The van der Waals surface area contributed by atoms with Crippen LogP contribution in [0.1, 0.15) is 37.8 Å². The molecule has 0 radical (unpaired) electrons. The molecule has 0 saturated carbocycles. The van der Waals surface area contributed by atoms with Gasteiger partial charge in [-0.3, -0.25) is 0 Å². The van der Waals surface area contributed by atoms with Crippen molar-refractivity contribution in [2.75, 3.05) is 0 Å². The summed E-state index contributed by atoms with van der Waals surface area (Å²) in [6.45, 7) is 2.24. The van der Waals surface area contributed by atoms with Gasteiger partial charge in [0, 0.05) is 16.6 Å². The van der Waals surface area contributed by atoms with Crippen molar-refractivity contribution in [3.8, 4) is 0 Å². The molecule has 86 valence electrons. The molecule has 2 heteroatoms. The zero-order valence-electron chi connectivity index (χ0n) is 9.62. The first kappa shape index (κ1) is 11.9. The second-order valence-corrected chi connectivity index (χ2v) is 5.24. The van der Waals surface area contributed by atoms with Crippen LogP contribution in [0.5, 0.6) is 0 Å². The summed E-state index contributed by atoms with van der Waals surface area (Å²) >= 11 is 3.53. The topological polar surface area (TPSA) is 12.0 Å². The zero-order valence-corrected chi connectivity index (χ0v) is 11.2. The molecule has 1 aromatic carbocycles. The van der Waals surface area contributed by atoms with Gasteiger partial charge in [-0.05, 0) is 37.0 Å². The third-order valence-corrected chi connectivity index (χ3v) is 3.60. The largest absolute Gasteiger partial charge is 0.307 e. The Hall–Kier alpha value is -0.600. The van der Waals surface area contributed by atoms with Gasteiger partial charge in [0.25, 0.3) is 0 Å². The van der Waals surface area contributed by atoms with Crippen molar-refractivity contribution in [1.29, 1.82) is 0 Å². The zero-order chi connectivity index (χ0) is 11.4. The van der Waals surface area contributed by atoms with E-state index >= 15 is 0 Å². The normalized spacial score (nSPS) is 17.9. The molecule has 0 amide bonds. The van der Waals surface area contributed by atoms with Gasteiger partial charge >= 0.3 is 0 Å². The Bertz CT molecular complexity index is 365. The lowest BCUT2D eigenvalue weighted by atomic mass is 10.0. The van der Waals surface area contributed by atoms with E-state index in [0.717, 1.165) is 10.9 Å². The van der Waals surface area contributed by atoms with Crippen molar-refractivity contribution in [3.63, 3.8) is 0 Å². The van der Waals surface area contributed by atoms with Crippen LogP contribution >= 0.6 is 15.9 Å². The summed E-state index contributed by atoms with van der Waals surface area (Å²) in [6, 6.07) is 9.70. The first-order valence-electron chi connectivity index (χ1n) is 5.96. The van der Waals surface area contributed by atoms with Crippen molar-refractivity contribution in [3.05, 3.63) is 46.5 Å². The van der Waals surface area contributed by atoms with E-state index in [1.807, 2.05) is 0 Å². The van der Waals surface area contributed by atoms with Crippen molar-refractivity contribution >= 4 is 15.9 Å². The van der Waals surface area contributed by atoms with E-state index in [1.54, 1.807) is 0 Å². The Labute approximate surface area is 106 Å². The molecule has 1 aromatic rings. The predicted molar refractivity (Wildman–Crippen MR) is 72.5 cm³/mol. The monoisotopic (exact) mass is 279 g/mol. The number of rotatable bonds is 4. The van der Waals surface area contributed by atoms with Crippen LogP contribution in [-0.2, 0) is 0 Å². The summed E-state index contributed by atoms with van der Waals surface area (Å²) < 4.78 is 1.16. The minimum absolute atomic E-state index is 0.474. The average molecular weight is 280 g/mol. The first-order chi connectivity index (χ1) is 7.79. The number of benzene rings is 1. The fraction of sp³-hybridized carbons (Fsp3) is 0.429. The molecule has 2 rings (SSSR count). The molecular formula is C14H18BrN. The Morgan fingerprint density at radius 2 is 2.12 bits per heavy atom. The van der Waals surface area contributed by atoms with Gasteiger partial charge in [-0.2, -0.15) is 0 Å². The maximum Gasteiger partial charge on any atom is 0.0320 e. The predicted octanol–water partition coefficient (Wildman–Crippen LogP) is 4.21. The molecule has 16 heavy (non-hydrogen) atoms. The van der Waals surface area contributed by atoms with Gasteiger partial charge in [-0.1, -0.05) is 47.1 Å². The fourth-order valence-corrected chi connectivity index (χ4v) is 2.63. The van der Waals surface area contributed by atoms with E-state index in [4.69, 9.17) is 0 Å². The molecule has 0 saturated heterocycles. The standard InChI is InChI=1S/C14H18BrN/c1-2-14(16-13-8-3-4-9-13)11-6-5-7-12(15)10-11/h3-7,10,13-14,16H,2,8-9H2,1H3. The summed E-state index contributed by atoms with van der Waals surface area (Å²) in [6.07, 6.45) is 8.01. The quantitative estimate of drug-likeness (QED) is 0.815. The highest BCUT2D eigenvalue weighted by Crippen LogP contribution is 2.23. The van der Waals surface area contributed by atoms with E-state index in [9.17, 15) is 0 Å². The van der Waals surface area contributed by atoms with Crippen LogP contribution in [0.3, 0.4) is 0 Å². The molecule has 1 atom stereocenters. The molecule has 1 aliphatic carbocycles. The molecule has 1 unspecified atom stereocenters. The molecule has 1 nitrogen and oxygen atoms in total. The van der Waals surface area contributed by atoms with Crippen LogP contribution in [0, 0.1) is 0 Å². The smallest absolute Gasteiger partial charge is 0.0320 e. The van der Waals surface area contributed by atoms with Gasteiger partial charge in [0.05, 0.1) is 0 Å². The molecular weight excluding hydrogens is 262 g/mol. The lowest BCUT2D eigenvalue weighted by molar-refractivity contribution is 0.438. The maximum atomic E-state index is 3.73. The number of hydrogen-bond acceptors (Lipinski definition) is 1. The van der Waals surface area contributed by atoms with Gasteiger partial charge in [0.15, 0.2) is 0 Å². The van der Waals surface area contributed by atoms with Crippen LogP contribution in [-0.4, -0.2) is 6.04 Å². The van der Waals surface area contributed by atoms with Gasteiger partial charge in [-0.25, -0.2) is 0 Å². The summed E-state index contributed by atoms with van der Waals surface area (Å²) in [5, 5.41) is 3.73. The van der Waals surface area contributed by atoms with Crippen LogP contribution < -0.4 is 5.32 Å². The Morgan fingerprint density at radius 3 is 2.75 bits per heavy atom. The van der Waals surface area contributed by atoms with Gasteiger partial charge < -0.3 is 5.32 Å². The number of nitrogens with one attached hydrogen (secondary N) is 1. The Balaban J connectivity index is 2.04. The van der Waals surface area contributed by atoms with Crippen molar-refractivity contribution < 1.29 is 0 Å². The maximum absolute atomic E-state index is 3.73. The van der Waals surface area contributed by atoms with Crippen LogP contribution in [0.2, 0.25) is 0 Å². The number of halogens is 1. The highest BCUT2D eigenvalue weighted by Gasteiger charge is 2.16. The first-order valence-corrected chi connectivity index (χ1v) is 6.75. The van der Waals surface area contributed by atoms with E-state index in [2.05, 4.69) is 64.6 Å². The summed E-state index contributed by atoms with van der Waals surface area (Å²) in [5.41, 5.74) is 1.38. The summed E-state index contributed by atoms with van der Waals surface area (Å²) in [7, 11) is 0. The lowest BCUT2D eigenvalue weighted by Gasteiger charge is -2.22. The minimum Gasteiger partial charge on any atom is -0.307 e. The third-order valence-electron chi connectivity index (χ3n) is 3.10. The highest BCUT2D eigenvalue weighted by molar-refractivity contribution is 9.10. The van der Waals surface area contributed by atoms with Crippen molar-refractivity contribution in [2.45, 2.75) is 38.3 Å². The van der Waals surface area contributed by atoms with Crippen molar-refractivity contribution in [2.24, 2.45) is 0 Å². The Kier molecular flexibility index (Phi) is 4.19. The van der Waals surface area contributed by atoms with Gasteiger partial charge in [0.2, 0.25) is 0 Å². The van der Waals surface area contributed by atoms with E-state index < -0.39 is 0 Å². The minimum atomic E-state index is 0.474. The fourth-order valence-electron chi connectivity index (χ4n) is 2.21. The molecule has 1 N–H and O–H groups in total. The average Bonchev–Trinajstić information content (AvgIpc) is 2.78. The molecule has 0 spiro atoms. The van der Waals surface area contributed by atoms with E-state index in [1.165, 1.54) is 18.4 Å². The molecule has 0 bridgehead atoms. The second-order valence-electron chi connectivity index (χ2n) is 4.32. The van der Waals surface area contributed by atoms with Crippen LogP contribution in [0.4, 0.5) is 0 Å². The SMILES string of the molecule is CCC(NC1CC=CC1)c1cccc(Br)c1. The van der Waals surface area contributed by atoms with E-state index in [-0.39, 0.29) is 0 Å². The lowest BCUT2D eigenvalue weighted by Crippen LogP contribution is -2.30. The second kappa shape index (κ2) is 5.65. The highest BCUT2D eigenvalue weighted by atomic mass is 79.9. The third kappa shape index (κ3) is 2.96. The molecule has 0 aliphatic heterocycles. The summed E-state index contributed by atoms with van der Waals surface area (Å²) in [5.74, 6) is 0. The van der Waals surface area contributed by atoms with Crippen LogP contribution in [0.25, 0.3) is 0 Å².